The van der Waals surface area contributed by atoms with Gasteiger partial charge in [0.25, 0.3) is 0 Å². The monoisotopic (exact) mass is 271 g/mol. The molecule has 0 aliphatic heterocycles. The van der Waals surface area contributed by atoms with Crippen LogP contribution in [0, 0.1) is 17.7 Å². The Labute approximate surface area is 115 Å². The van der Waals surface area contributed by atoms with Gasteiger partial charge in [0.05, 0.1) is 5.02 Å². The van der Waals surface area contributed by atoms with Gasteiger partial charge in [0.2, 0.25) is 0 Å². The number of hydrogen-bond acceptors (Lipinski definition) is 1. The summed E-state index contributed by atoms with van der Waals surface area (Å²) < 4.78 is 13.1. The summed E-state index contributed by atoms with van der Waals surface area (Å²) in [7, 11) is 0. The normalized spacial score (nSPS) is 13.3. The summed E-state index contributed by atoms with van der Waals surface area (Å²) in [6.07, 6.45) is 0.928. The molecule has 1 atom stereocenters. The highest BCUT2D eigenvalue weighted by Crippen LogP contribution is 2.21. The van der Waals surface area contributed by atoms with E-state index >= 15 is 0 Å². The highest BCUT2D eigenvalue weighted by atomic mass is 35.5. The predicted molar refractivity (Wildman–Crippen MR) is 76.6 cm³/mol. The molecule has 0 spiro atoms. The molecule has 1 rings (SSSR count). The van der Waals surface area contributed by atoms with Crippen molar-refractivity contribution in [3.63, 3.8) is 0 Å². The highest BCUT2D eigenvalue weighted by Gasteiger charge is 2.15. The average molecular weight is 272 g/mol. The van der Waals surface area contributed by atoms with Crippen molar-refractivity contribution in [3.05, 3.63) is 34.6 Å². The van der Waals surface area contributed by atoms with Crippen LogP contribution in [0.3, 0.4) is 0 Å². The van der Waals surface area contributed by atoms with Crippen LogP contribution in [0.25, 0.3) is 0 Å². The van der Waals surface area contributed by atoms with E-state index in [9.17, 15) is 4.39 Å². The third-order valence-electron chi connectivity index (χ3n) is 3.21. The molecule has 0 amide bonds. The van der Waals surface area contributed by atoms with Crippen LogP contribution < -0.4 is 5.32 Å². The van der Waals surface area contributed by atoms with Gasteiger partial charge in [0.15, 0.2) is 0 Å². The summed E-state index contributed by atoms with van der Waals surface area (Å²) in [5.74, 6) is 0.774. The second-order valence-corrected chi connectivity index (χ2v) is 5.93. The quantitative estimate of drug-likeness (QED) is 0.814. The second kappa shape index (κ2) is 7.10. The van der Waals surface area contributed by atoms with Crippen LogP contribution in [0.2, 0.25) is 5.02 Å². The van der Waals surface area contributed by atoms with Gasteiger partial charge in [-0.05, 0) is 42.5 Å². The molecule has 18 heavy (non-hydrogen) atoms. The van der Waals surface area contributed by atoms with Gasteiger partial charge in [-0.15, -0.1) is 0 Å². The number of hydrogen-bond donors (Lipinski definition) is 1. The van der Waals surface area contributed by atoms with Crippen molar-refractivity contribution in [1.82, 2.24) is 5.32 Å². The van der Waals surface area contributed by atoms with Crippen molar-refractivity contribution in [1.29, 1.82) is 0 Å². The van der Waals surface area contributed by atoms with Gasteiger partial charge in [0, 0.05) is 6.04 Å². The Morgan fingerprint density at radius 2 is 1.89 bits per heavy atom. The van der Waals surface area contributed by atoms with Gasteiger partial charge >= 0.3 is 0 Å². The molecule has 0 aliphatic rings. The van der Waals surface area contributed by atoms with Crippen molar-refractivity contribution in [2.45, 2.75) is 40.2 Å². The van der Waals surface area contributed by atoms with Crippen LogP contribution in [0.1, 0.15) is 33.3 Å². The zero-order valence-electron chi connectivity index (χ0n) is 11.6. The van der Waals surface area contributed by atoms with Gasteiger partial charge in [-0.2, -0.15) is 0 Å². The summed E-state index contributed by atoms with van der Waals surface area (Å²) in [4.78, 5) is 0. The maximum Gasteiger partial charge on any atom is 0.141 e. The van der Waals surface area contributed by atoms with E-state index in [1.807, 2.05) is 6.07 Å². The standard InChI is InChI=1S/C15H23ClFN/c1-10(2)13(9-18-11(3)4)7-12-5-6-15(17)14(16)8-12/h5-6,8,10-11,13,18H,7,9H2,1-4H3. The molecule has 0 aromatic heterocycles. The Morgan fingerprint density at radius 1 is 1.22 bits per heavy atom. The second-order valence-electron chi connectivity index (χ2n) is 5.52. The zero-order valence-corrected chi connectivity index (χ0v) is 12.4. The molecule has 1 N–H and O–H groups in total. The van der Waals surface area contributed by atoms with Crippen molar-refractivity contribution in [3.8, 4) is 0 Å². The molecule has 0 radical (unpaired) electrons. The fourth-order valence-electron chi connectivity index (χ4n) is 1.90. The fraction of sp³-hybridized carbons (Fsp3) is 0.600. The summed E-state index contributed by atoms with van der Waals surface area (Å²) in [5.41, 5.74) is 1.10. The SMILES string of the molecule is CC(C)NCC(Cc1ccc(F)c(Cl)c1)C(C)C. The fourth-order valence-corrected chi connectivity index (χ4v) is 2.10. The van der Waals surface area contributed by atoms with E-state index in [0.717, 1.165) is 18.5 Å². The number of benzene rings is 1. The van der Waals surface area contributed by atoms with Crippen LogP contribution in [-0.2, 0) is 6.42 Å². The van der Waals surface area contributed by atoms with E-state index in [-0.39, 0.29) is 10.8 Å². The lowest BCUT2D eigenvalue weighted by Crippen LogP contribution is -2.32. The first-order valence-corrected chi connectivity index (χ1v) is 6.95. The summed E-state index contributed by atoms with van der Waals surface area (Å²) >= 11 is 5.81. The van der Waals surface area contributed by atoms with Crippen LogP contribution in [0.15, 0.2) is 18.2 Å². The molecule has 1 nitrogen and oxygen atoms in total. The minimum atomic E-state index is -0.346. The number of nitrogens with one attached hydrogen (secondary N) is 1. The summed E-state index contributed by atoms with van der Waals surface area (Å²) in [5, 5.41) is 3.68. The van der Waals surface area contributed by atoms with Crippen molar-refractivity contribution >= 4 is 11.6 Å². The van der Waals surface area contributed by atoms with Gasteiger partial charge in [-0.3, -0.25) is 0 Å². The molecule has 0 fully saturated rings. The Kier molecular flexibility index (Phi) is 6.10. The predicted octanol–water partition coefficient (Wildman–Crippen LogP) is 4.29. The molecular weight excluding hydrogens is 249 g/mol. The molecule has 0 saturated carbocycles. The summed E-state index contributed by atoms with van der Waals surface area (Å²) in [6, 6.07) is 5.50. The molecule has 0 aliphatic carbocycles. The van der Waals surface area contributed by atoms with E-state index in [0.29, 0.717) is 17.9 Å². The minimum absolute atomic E-state index is 0.215. The van der Waals surface area contributed by atoms with Gasteiger partial charge in [0.1, 0.15) is 5.82 Å². The summed E-state index contributed by atoms with van der Waals surface area (Å²) in [6.45, 7) is 9.71. The maximum atomic E-state index is 13.1. The van der Waals surface area contributed by atoms with Crippen LogP contribution in [0.5, 0.6) is 0 Å². The molecular formula is C15H23ClFN. The molecule has 1 unspecified atom stereocenters. The Bertz CT molecular complexity index is 377. The molecule has 102 valence electrons. The Morgan fingerprint density at radius 3 is 2.39 bits per heavy atom. The van der Waals surface area contributed by atoms with E-state index in [1.54, 1.807) is 6.07 Å². The van der Waals surface area contributed by atoms with Crippen LogP contribution in [-0.4, -0.2) is 12.6 Å². The molecule has 1 aromatic rings. The van der Waals surface area contributed by atoms with Crippen LogP contribution in [0.4, 0.5) is 4.39 Å². The zero-order chi connectivity index (χ0) is 13.7. The minimum Gasteiger partial charge on any atom is -0.314 e. The first kappa shape index (κ1) is 15.5. The third kappa shape index (κ3) is 4.95. The Balaban J connectivity index is 2.67. The third-order valence-corrected chi connectivity index (χ3v) is 3.50. The van der Waals surface area contributed by atoms with Gasteiger partial charge in [-0.25, -0.2) is 4.39 Å². The van der Waals surface area contributed by atoms with E-state index in [4.69, 9.17) is 11.6 Å². The molecule has 1 aromatic carbocycles. The van der Waals surface area contributed by atoms with Gasteiger partial charge in [-0.1, -0.05) is 45.4 Å². The average Bonchev–Trinajstić information content (AvgIpc) is 2.28. The van der Waals surface area contributed by atoms with E-state index < -0.39 is 0 Å². The number of halogens is 2. The topological polar surface area (TPSA) is 12.0 Å². The molecule has 0 bridgehead atoms. The smallest absolute Gasteiger partial charge is 0.141 e. The lowest BCUT2D eigenvalue weighted by atomic mass is 9.89. The lowest BCUT2D eigenvalue weighted by Gasteiger charge is -2.23. The van der Waals surface area contributed by atoms with Gasteiger partial charge < -0.3 is 5.32 Å². The van der Waals surface area contributed by atoms with Crippen LogP contribution >= 0.6 is 11.6 Å². The number of rotatable bonds is 6. The van der Waals surface area contributed by atoms with Crippen molar-refractivity contribution in [2.75, 3.05) is 6.54 Å². The largest absolute Gasteiger partial charge is 0.314 e. The van der Waals surface area contributed by atoms with E-state index in [2.05, 4.69) is 33.0 Å². The van der Waals surface area contributed by atoms with Crippen molar-refractivity contribution in [2.24, 2.45) is 11.8 Å². The highest BCUT2D eigenvalue weighted by molar-refractivity contribution is 6.30. The molecule has 0 heterocycles. The van der Waals surface area contributed by atoms with Crippen molar-refractivity contribution < 1.29 is 4.39 Å². The maximum absolute atomic E-state index is 13.1. The van der Waals surface area contributed by atoms with E-state index in [1.165, 1.54) is 6.07 Å². The molecule has 0 saturated heterocycles. The lowest BCUT2D eigenvalue weighted by molar-refractivity contribution is 0.349. The Hall–Kier alpha value is -0.600. The first-order chi connectivity index (χ1) is 8.40. The molecule has 3 heteroatoms. The first-order valence-electron chi connectivity index (χ1n) is 6.57.